The van der Waals surface area contributed by atoms with E-state index in [1.54, 1.807) is 0 Å². The van der Waals surface area contributed by atoms with Gasteiger partial charge in [0.15, 0.2) is 0 Å². The van der Waals surface area contributed by atoms with Gasteiger partial charge in [0.25, 0.3) is 0 Å². The summed E-state index contributed by atoms with van der Waals surface area (Å²) in [7, 11) is 0. The number of carbonyl (C=O) groups excluding carboxylic acids is 1. The van der Waals surface area contributed by atoms with Crippen molar-refractivity contribution in [2.45, 2.75) is 63.6 Å². The topological polar surface area (TPSA) is 61.8 Å². The molecule has 0 aromatic heterocycles. The van der Waals surface area contributed by atoms with E-state index in [0.29, 0.717) is 19.1 Å². The Bertz CT molecular complexity index is 543. The number of ether oxygens (including phenoxy) is 1. The van der Waals surface area contributed by atoms with E-state index in [4.69, 9.17) is 4.74 Å². The highest BCUT2D eigenvalue weighted by atomic mass is 16.5. The maximum absolute atomic E-state index is 12.5. The molecule has 1 aliphatic heterocycles. The van der Waals surface area contributed by atoms with E-state index < -0.39 is 0 Å². The minimum atomic E-state index is -0.0356. The van der Waals surface area contributed by atoms with E-state index in [-0.39, 0.29) is 18.7 Å². The highest BCUT2D eigenvalue weighted by Gasteiger charge is 2.26. The number of urea groups is 1. The fraction of sp³-hybridized carbons (Fsp3) is 0.632. The molecule has 0 radical (unpaired) electrons. The van der Waals surface area contributed by atoms with Crippen LogP contribution < -0.4 is 10.1 Å². The van der Waals surface area contributed by atoms with E-state index in [9.17, 15) is 9.90 Å². The lowest BCUT2D eigenvalue weighted by molar-refractivity contribution is 0.118. The molecule has 1 aromatic carbocycles. The molecule has 2 fully saturated rings. The van der Waals surface area contributed by atoms with E-state index in [1.807, 2.05) is 29.2 Å². The molecule has 1 atom stereocenters. The summed E-state index contributed by atoms with van der Waals surface area (Å²) in [4.78, 5) is 14.4. The first-order chi connectivity index (χ1) is 11.8. The van der Waals surface area contributed by atoms with Crippen molar-refractivity contribution in [3.8, 4) is 5.75 Å². The van der Waals surface area contributed by atoms with Gasteiger partial charge in [-0.05, 0) is 51.0 Å². The number of rotatable bonds is 6. The number of amides is 2. The number of carbonyl (C=O) groups is 1. The fourth-order valence-electron chi connectivity index (χ4n) is 3.42. The van der Waals surface area contributed by atoms with Gasteiger partial charge in [-0.3, -0.25) is 0 Å². The van der Waals surface area contributed by atoms with Crippen molar-refractivity contribution >= 4 is 6.03 Å². The third kappa shape index (κ3) is 4.20. The first kappa shape index (κ1) is 17.1. The number of para-hydroxylation sites is 1. The molecule has 2 N–H and O–H groups in total. The van der Waals surface area contributed by atoms with E-state index >= 15 is 0 Å². The van der Waals surface area contributed by atoms with Crippen molar-refractivity contribution in [1.29, 1.82) is 0 Å². The predicted octanol–water partition coefficient (Wildman–Crippen LogP) is 3.06. The van der Waals surface area contributed by atoms with Crippen LogP contribution in [0, 0.1) is 0 Å². The number of hydrogen-bond donors (Lipinski definition) is 2. The fourth-order valence-corrected chi connectivity index (χ4v) is 3.42. The molecule has 132 valence electrons. The van der Waals surface area contributed by atoms with Crippen LogP contribution in [0.1, 0.15) is 50.5 Å². The van der Waals surface area contributed by atoms with Crippen molar-refractivity contribution in [3.05, 3.63) is 29.8 Å². The van der Waals surface area contributed by atoms with Gasteiger partial charge in [0.05, 0.1) is 6.10 Å². The van der Waals surface area contributed by atoms with Crippen LogP contribution in [0.3, 0.4) is 0 Å². The first-order valence-electron chi connectivity index (χ1n) is 9.18. The third-order valence-corrected chi connectivity index (χ3v) is 5.10. The van der Waals surface area contributed by atoms with Crippen LogP contribution in [-0.4, -0.2) is 41.3 Å². The number of benzene rings is 1. The smallest absolute Gasteiger partial charge is 0.317 e. The Labute approximate surface area is 144 Å². The normalized spacial score (nSPS) is 21.2. The van der Waals surface area contributed by atoms with Crippen LogP contribution >= 0.6 is 0 Å². The van der Waals surface area contributed by atoms with E-state index in [0.717, 1.165) is 50.0 Å². The third-order valence-electron chi connectivity index (χ3n) is 5.10. The molecule has 1 saturated carbocycles. The van der Waals surface area contributed by atoms with Crippen LogP contribution in [-0.2, 0) is 6.54 Å². The molecule has 0 bridgehead atoms. The number of aliphatic hydroxyl groups excluding tert-OH is 1. The van der Waals surface area contributed by atoms with E-state index in [2.05, 4.69) is 5.32 Å². The molecule has 1 aliphatic carbocycles. The van der Waals surface area contributed by atoms with Crippen LogP contribution in [0.2, 0.25) is 0 Å². The van der Waals surface area contributed by atoms with Crippen molar-refractivity contribution in [2.24, 2.45) is 0 Å². The average molecular weight is 332 g/mol. The minimum absolute atomic E-state index is 0.0356. The number of aliphatic hydroxyl groups is 1. The van der Waals surface area contributed by atoms with Gasteiger partial charge in [-0.2, -0.15) is 0 Å². The quantitative estimate of drug-likeness (QED) is 0.841. The van der Waals surface area contributed by atoms with Crippen LogP contribution in [0.5, 0.6) is 5.75 Å². The minimum Gasteiger partial charge on any atom is -0.490 e. The zero-order valence-electron chi connectivity index (χ0n) is 14.2. The van der Waals surface area contributed by atoms with Gasteiger partial charge < -0.3 is 20.1 Å². The van der Waals surface area contributed by atoms with E-state index in [1.165, 1.54) is 6.42 Å². The zero-order valence-corrected chi connectivity index (χ0v) is 14.2. The lowest BCUT2D eigenvalue weighted by Crippen LogP contribution is -2.48. The van der Waals surface area contributed by atoms with Crippen LogP contribution in [0.4, 0.5) is 4.79 Å². The highest BCUT2D eigenvalue weighted by molar-refractivity contribution is 5.74. The summed E-state index contributed by atoms with van der Waals surface area (Å²) in [5.41, 5.74) is 1.02. The molecule has 1 heterocycles. The summed E-state index contributed by atoms with van der Waals surface area (Å²) in [5, 5.41) is 12.2. The SMILES string of the molecule is O=C(NCc1ccccc1OC1CCC1)N1CCCCC1CCO. The summed E-state index contributed by atoms with van der Waals surface area (Å²) in [6, 6.07) is 8.06. The molecule has 1 unspecified atom stereocenters. The number of hydrogen-bond acceptors (Lipinski definition) is 3. The van der Waals surface area contributed by atoms with Gasteiger partial charge >= 0.3 is 6.03 Å². The summed E-state index contributed by atoms with van der Waals surface area (Å²) in [5.74, 6) is 0.882. The number of likely N-dealkylation sites (tertiary alicyclic amines) is 1. The molecule has 2 aliphatic rings. The van der Waals surface area contributed by atoms with Gasteiger partial charge in [-0.15, -0.1) is 0 Å². The first-order valence-corrected chi connectivity index (χ1v) is 9.18. The Balaban J connectivity index is 1.57. The van der Waals surface area contributed by atoms with Crippen molar-refractivity contribution in [1.82, 2.24) is 10.2 Å². The van der Waals surface area contributed by atoms with Gasteiger partial charge in [0, 0.05) is 31.3 Å². The monoisotopic (exact) mass is 332 g/mol. The number of nitrogens with one attached hydrogen (secondary N) is 1. The summed E-state index contributed by atoms with van der Waals surface area (Å²) >= 11 is 0. The number of piperidine rings is 1. The second-order valence-electron chi connectivity index (χ2n) is 6.79. The molecule has 1 aromatic rings. The summed E-state index contributed by atoms with van der Waals surface area (Å²) < 4.78 is 6.02. The molecule has 0 spiro atoms. The maximum atomic E-state index is 12.5. The van der Waals surface area contributed by atoms with Gasteiger partial charge in [-0.1, -0.05) is 18.2 Å². The largest absolute Gasteiger partial charge is 0.490 e. The summed E-state index contributed by atoms with van der Waals surface area (Å²) in [6.07, 6.45) is 7.63. The average Bonchev–Trinajstić information content (AvgIpc) is 2.57. The Hall–Kier alpha value is -1.75. The number of nitrogens with zero attached hydrogens (tertiary/aromatic N) is 1. The second kappa shape index (κ2) is 8.38. The van der Waals surface area contributed by atoms with Crippen molar-refractivity contribution in [3.63, 3.8) is 0 Å². The molecule has 24 heavy (non-hydrogen) atoms. The Morgan fingerprint density at radius 3 is 2.79 bits per heavy atom. The molecule has 1 saturated heterocycles. The standard InChI is InChI=1S/C19H28N2O3/c22-13-11-16-7-3-4-12-21(16)19(23)20-14-15-6-1-2-10-18(15)24-17-8-5-9-17/h1-2,6,10,16-17,22H,3-5,7-9,11-14H2,(H,20,23). The molecule has 3 rings (SSSR count). The zero-order chi connectivity index (χ0) is 16.8. The molecule has 5 heteroatoms. The van der Waals surface area contributed by atoms with Crippen molar-refractivity contribution in [2.75, 3.05) is 13.2 Å². The molecule has 5 nitrogen and oxygen atoms in total. The highest BCUT2D eigenvalue weighted by Crippen LogP contribution is 2.27. The Kier molecular flexibility index (Phi) is 5.96. The van der Waals surface area contributed by atoms with Crippen molar-refractivity contribution < 1.29 is 14.6 Å². The van der Waals surface area contributed by atoms with Crippen LogP contribution in [0.25, 0.3) is 0 Å². The Morgan fingerprint density at radius 1 is 1.21 bits per heavy atom. The predicted molar refractivity (Wildman–Crippen MR) is 93.0 cm³/mol. The van der Waals surface area contributed by atoms with Crippen LogP contribution in [0.15, 0.2) is 24.3 Å². The second-order valence-corrected chi connectivity index (χ2v) is 6.79. The molecule has 2 amide bonds. The Morgan fingerprint density at radius 2 is 2.04 bits per heavy atom. The summed E-state index contributed by atoms with van der Waals surface area (Å²) in [6.45, 7) is 1.38. The molecular formula is C19H28N2O3. The van der Waals surface area contributed by atoms with Gasteiger partial charge in [0.1, 0.15) is 5.75 Å². The lowest BCUT2D eigenvalue weighted by Gasteiger charge is -2.35. The van der Waals surface area contributed by atoms with Gasteiger partial charge in [-0.25, -0.2) is 4.79 Å². The maximum Gasteiger partial charge on any atom is 0.317 e. The lowest BCUT2D eigenvalue weighted by atomic mass is 9.96. The van der Waals surface area contributed by atoms with Gasteiger partial charge in [0.2, 0.25) is 0 Å². The molecular weight excluding hydrogens is 304 g/mol.